The molecule has 0 aliphatic rings. The molecule has 2 nitrogen and oxygen atoms in total. The van der Waals surface area contributed by atoms with E-state index in [2.05, 4.69) is 0 Å². The third kappa shape index (κ3) is 3.27. The van der Waals surface area contributed by atoms with Crippen LogP contribution in [0.15, 0.2) is 12.1 Å². The molecule has 0 fully saturated rings. The van der Waals surface area contributed by atoms with Crippen LogP contribution in [0.25, 0.3) is 0 Å². The molecule has 1 aromatic carbocycles. The van der Waals surface area contributed by atoms with Gasteiger partial charge in [-0.05, 0) is 18.6 Å². The van der Waals surface area contributed by atoms with Crippen LogP contribution in [0.4, 0.5) is 0 Å². The van der Waals surface area contributed by atoms with Gasteiger partial charge in [-0.15, -0.1) is 0 Å². The Morgan fingerprint density at radius 3 is 2.25 bits per heavy atom. The molecule has 0 heterocycles. The molecule has 1 atom stereocenters. The molecule has 0 radical (unpaired) electrons. The van der Waals surface area contributed by atoms with Crippen molar-refractivity contribution in [3.63, 3.8) is 0 Å². The number of carbonyl (C=O) groups is 1. The zero-order chi connectivity index (χ0) is 12.3. The highest BCUT2D eigenvalue weighted by atomic mass is 35.5. The summed E-state index contributed by atoms with van der Waals surface area (Å²) in [6, 6.07) is 2.96. The molecular weight excluding hydrogens is 270 g/mol. The van der Waals surface area contributed by atoms with Crippen molar-refractivity contribution in [1.29, 1.82) is 0 Å². The molecule has 88 valence electrons. The van der Waals surface area contributed by atoms with Crippen LogP contribution >= 0.6 is 34.8 Å². The Hall–Kier alpha value is -0.440. The monoisotopic (exact) mass is 280 g/mol. The van der Waals surface area contributed by atoms with E-state index in [9.17, 15) is 4.79 Å². The summed E-state index contributed by atoms with van der Waals surface area (Å²) in [5.74, 6) is -0.380. The Kier molecular flexibility index (Phi) is 4.90. The fourth-order valence-corrected chi connectivity index (χ4v) is 1.89. The van der Waals surface area contributed by atoms with Crippen LogP contribution in [0.3, 0.4) is 0 Å². The van der Waals surface area contributed by atoms with E-state index in [0.717, 1.165) is 0 Å². The molecule has 0 saturated carbocycles. The average Bonchev–Trinajstić information content (AvgIpc) is 2.21. The molecule has 0 bridgehead atoms. The van der Waals surface area contributed by atoms with Gasteiger partial charge in [0.05, 0.1) is 16.0 Å². The van der Waals surface area contributed by atoms with Gasteiger partial charge in [0.15, 0.2) is 5.75 Å². The lowest BCUT2D eigenvalue weighted by molar-refractivity contribution is -0.138. The van der Waals surface area contributed by atoms with Gasteiger partial charge >= 0.3 is 5.97 Å². The van der Waals surface area contributed by atoms with Crippen molar-refractivity contribution < 1.29 is 9.53 Å². The van der Waals surface area contributed by atoms with Gasteiger partial charge in [0, 0.05) is 5.02 Å². The van der Waals surface area contributed by atoms with E-state index in [0.29, 0.717) is 11.4 Å². The Morgan fingerprint density at radius 1 is 1.31 bits per heavy atom. The first-order chi connectivity index (χ1) is 7.45. The molecule has 0 amide bonds. The number of esters is 1. The molecule has 0 spiro atoms. The van der Waals surface area contributed by atoms with Crippen molar-refractivity contribution in [3.05, 3.63) is 27.2 Å². The second kappa shape index (κ2) is 5.76. The van der Waals surface area contributed by atoms with E-state index in [1.807, 2.05) is 6.92 Å². The Bertz CT molecular complexity index is 381. The second-order valence-corrected chi connectivity index (χ2v) is 4.68. The van der Waals surface area contributed by atoms with E-state index in [4.69, 9.17) is 39.5 Å². The lowest BCUT2D eigenvalue weighted by Gasteiger charge is -2.11. The molecule has 1 aromatic rings. The van der Waals surface area contributed by atoms with E-state index in [-0.39, 0.29) is 27.7 Å². The van der Waals surface area contributed by atoms with Gasteiger partial charge in [0.2, 0.25) is 0 Å². The van der Waals surface area contributed by atoms with Gasteiger partial charge in [-0.3, -0.25) is 4.79 Å². The van der Waals surface area contributed by atoms with Gasteiger partial charge in [0.25, 0.3) is 0 Å². The summed E-state index contributed by atoms with van der Waals surface area (Å²) in [4.78, 5) is 11.6. The van der Waals surface area contributed by atoms with Crippen molar-refractivity contribution in [2.45, 2.75) is 20.3 Å². The quantitative estimate of drug-likeness (QED) is 0.598. The van der Waals surface area contributed by atoms with Gasteiger partial charge < -0.3 is 4.74 Å². The average molecular weight is 282 g/mol. The molecule has 5 heteroatoms. The second-order valence-electron chi connectivity index (χ2n) is 3.43. The largest absolute Gasteiger partial charge is 0.423 e. The molecule has 16 heavy (non-hydrogen) atoms. The number of ether oxygens (including phenoxy) is 1. The minimum atomic E-state index is -0.353. The third-order valence-corrected chi connectivity index (χ3v) is 2.96. The van der Waals surface area contributed by atoms with Crippen molar-refractivity contribution in [2.75, 3.05) is 0 Å². The molecule has 0 aliphatic carbocycles. The number of hydrogen-bond donors (Lipinski definition) is 0. The summed E-state index contributed by atoms with van der Waals surface area (Å²) in [5, 5.41) is 0.863. The number of carbonyl (C=O) groups excluding carboxylic acids is 1. The minimum Gasteiger partial charge on any atom is -0.423 e. The minimum absolute atomic E-state index is 0.165. The lowest BCUT2D eigenvalue weighted by Crippen LogP contribution is -2.17. The van der Waals surface area contributed by atoms with Crippen molar-refractivity contribution in [3.8, 4) is 5.75 Å². The van der Waals surface area contributed by atoms with Gasteiger partial charge in [-0.1, -0.05) is 48.7 Å². The van der Waals surface area contributed by atoms with E-state index >= 15 is 0 Å². The fourth-order valence-electron chi connectivity index (χ4n) is 0.994. The first-order valence-corrected chi connectivity index (χ1v) is 5.95. The van der Waals surface area contributed by atoms with Gasteiger partial charge in [-0.25, -0.2) is 0 Å². The Balaban J connectivity index is 2.93. The molecular formula is C11H11Cl3O2. The summed E-state index contributed by atoms with van der Waals surface area (Å²) in [6.07, 6.45) is 0.696. The van der Waals surface area contributed by atoms with Crippen LogP contribution < -0.4 is 4.74 Å². The van der Waals surface area contributed by atoms with Crippen molar-refractivity contribution in [1.82, 2.24) is 0 Å². The maximum atomic E-state index is 11.6. The topological polar surface area (TPSA) is 26.3 Å². The van der Waals surface area contributed by atoms with Crippen molar-refractivity contribution in [2.24, 2.45) is 5.92 Å². The van der Waals surface area contributed by atoms with Crippen LogP contribution in [0, 0.1) is 5.92 Å². The normalized spacial score (nSPS) is 12.3. The SMILES string of the molecule is CCC(C)C(=O)Oc1c(Cl)cc(Cl)cc1Cl. The molecule has 0 aliphatic heterocycles. The van der Waals surface area contributed by atoms with Crippen LogP contribution in [0.5, 0.6) is 5.75 Å². The smallest absolute Gasteiger partial charge is 0.314 e. The number of halogens is 3. The van der Waals surface area contributed by atoms with E-state index < -0.39 is 0 Å². The molecule has 0 N–H and O–H groups in total. The zero-order valence-electron chi connectivity index (χ0n) is 8.89. The summed E-state index contributed by atoms with van der Waals surface area (Å²) < 4.78 is 5.12. The van der Waals surface area contributed by atoms with Crippen LogP contribution in [0.1, 0.15) is 20.3 Å². The summed E-state index contributed by atoms with van der Waals surface area (Å²) in [6.45, 7) is 3.68. The molecule has 0 saturated heterocycles. The summed E-state index contributed by atoms with van der Waals surface area (Å²) >= 11 is 17.5. The van der Waals surface area contributed by atoms with Crippen LogP contribution in [-0.2, 0) is 4.79 Å². The van der Waals surface area contributed by atoms with Gasteiger partial charge in [0.1, 0.15) is 0 Å². The maximum absolute atomic E-state index is 11.6. The standard InChI is InChI=1S/C11H11Cl3O2/c1-3-6(2)11(15)16-10-8(13)4-7(12)5-9(10)14/h4-6H,3H2,1-2H3. The van der Waals surface area contributed by atoms with Crippen LogP contribution in [-0.4, -0.2) is 5.97 Å². The lowest BCUT2D eigenvalue weighted by atomic mass is 10.1. The highest BCUT2D eigenvalue weighted by molar-refractivity contribution is 6.40. The van der Waals surface area contributed by atoms with E-state index in [1.54, 1.807) is 6.92 Å². The highest BCUT2D eigenvalue weighted by Crippen LogP contribution is 2.36. The fraction of sp³-hybridized carbons (Fsp3) is 0.364. The Labute approximate surface area is 109 Å². The number of benzene rings is 1. The molecule has 0 aromatic heterocycles. The van der Waals surface area contributed by atoms with E-state index in [1.165, 1.54) is 12.1 Å². The first kappa shape index (κ1) is 13.6. The summed E-state index contributed by atoms with van der Waals surface area (Å²) in [5.41, 5.74) is 0. The molecule has 1 unspecified atom stereocenters. The predicted octanol–water partition coefficient (Wildman–Crippen LogP) is 4.60. The van der Waals surface area contributed by atoms with Crippen LogP contribution in [0.2, 0.25) is 15.1 Å². The maximum Gasteiger partial charge on any atom is 0.314 e. The zero-order valence-corrected chi connectivity index (χ0v) is 11.2. The number of hydrogen-bond acceptors (Lipinski definition) is 2. The molecule has 1 rings (SSSR count). The first-order valence-electron chi connectivity index (χ1n) is 4.82. The highest BCUT2D eigenvalue weighted by Gasteiger charge is 2.17. The summed E-state index contributed by atoms with van der Waals surface area (Å²) in [7, 11) is 0. The van der Waals surface area contributed by atoms with Crippen molar-refractivity contribution >= 4 is 40.8 Å². The van der Waals surface area contributed by atoms with Gasteiger partial charge in [-0.2, -0.15) is 0 Å². The predicted molar refractivity (Wildman–Crippen MR) is 66.6 cm³/mol. The number of rotatable bonds is 3. The third-order valence-electron chi connectivity index (χ3n) is 2.18. The Morgan fingerprint density at radius 2 is 1.81 bits per heavy atom.